The molecule has 0 saturated carbocycles. The summed E-state index contributed by atoms with van der Waals surface area (Å²) < 4.78 is 0. The molecule has 0 spiro atoms. The lowest BCUT2D eigenvalue weighted by Gasteiger charge is -2.15. The number of rotatable bonds is 2. The SMILES string of the molecule is Cc1cc(C)cc(CN2CCC(N)C2)c1. The first-order valence-corrected chi connectivity index (χ1v) is 5.68. The van der Waals surface area contributed by atoms with E-state index in [0.717, 1.165) is 26.1 Å². The molecule has 1 saturated heterocycles. The average molecular weight is 204 g/mol. The van der Waals surface area contributed by atoms with Gasteiger partial charge in [-0.1, -0.05) is 29.3 Å². The van der Waals surface area contributed by atoms with Gasteiger partial charge < -0.3 is 5.73 Å². The van der Waals surface area contributed by atoms with Gasteiger partial charge in [0.1, 0.15) is 0 Å². The Balaban J connectivity index is 2.04. The molecule has 1 aromatic rings. The Morgan fingerprint density at radius 1 is 1.27 bits per heavy atom. The molecule has 0 radical (unpaired) electrons. The van der Waals surface area contributed by atoms with Crippen LogP contribution in [0.4, 0.5) is 0 Å². The van der Waals surface area contributed by atoms with Crippen molar-refractivity contribution < 1.29 is 0 Å². The lowest BCUT2D eigenvalue weighted by atomic mass is 10.1. The Morgan fingerprint density at radius 2 is 1.93 bits per heavy atom. The first-order valence-electron chi connectivity index (χ1n) is 5.68. The molecule has 1 fully saturated rings. The highest BCUT2D eigenvalue weighted by molar-refractivity contribution is 5.28. The molecular weight excluding hydrogens is 184 g/mol. The quantitative estimate of drug-likeness (QED) is 0.796. The van der Waals surface area contributed by atoms with Gasteiger partial charge in [0, 0.05) is 25.7 Å². The summed E-state index contributed by atoms with van der Waals surface area (Å²) in [7, 11) is 0. The monoisotopic (exact) mass is 204 g/mol. The van der Waals surface area contributed by atoms with Crippen LogP contribution in [0.25, 0.3) is 0 Å². The molecule has 2 heteroatoms. The fourth-order valence-electron chi connectivity index (χ4n) is 2.42. The fourth-order valence-corrected chi connectivity index (χ4v) is 2.42. The average Bonchev–Trinajstić information content (AvgIpc) is 2.49. The maximum Gasteiger partial charge on any atom is 0.0234 e. The number of aryl methyl sites for hydroxylation is 2. The number of nitrogens with two attached hydrogens (primary N) is 1. The first kappa shape index (κ1) is 10.7. The second kappa shape index (κ2) is 4.33. The predicted molar refractivity (Wildman–Crippen MR) is 63.8 cm³/mol. The number of likely N-dealkylation sites (tertiary alicyclic amines) is 1. The van der Waals surface area contributed by atoms with Gasteiger partial charge in [0.25, 0.3) is 0 Å². The number of nitrogens with zero attached hydrogens (tertiary/aromatic N) is 1. The lowest BCUT2D eigenvalue weighted by molar-refractivity contribution is 0.327. The fraction of sp³-hybridized carbons (Fsp3) is 0.538. The van der Waals surface area contributed by atoms with Crippen molar-refractivity contribution in [3.05, 3.63) is 34.9 Å². The normalized spacial score (nSPS) is 22.2. The molecule has 0 aromatic heterocycles. The lowest BCUT2D eigenvalue weighted by Crippen LogP contribution is -2.26. The second-order valence-corrected chi connectivity index (χ2v) is 4.78. The minimum atomic E-state index is 0.385. The van der Waals surface area contributed by atoms with Crippen molar-refractivity contribution in [2.75, 3.05) is 13.1 Å². The molecule has 1 aromatic carbocycles. The van der Waals surface area contributed by atoms with Crippen LogP contribution in [0, 0.1) is 13.8 Å². The van der Waals surface area contributed by atoms with E-state index in [1.807, 2.05) is 0 Å². The molecule has 1 atom stereocenters. The van der Waals surface area contributed by atoms with Crippen molar-refractivity contribution in [2.45, 2.75) is 32.9 Å². The summed E-state index contributed by atoms with van der Waals surface area (Å²) in [4.78, 5) is 2.44. The summed E-state index contributed by atoms with van der Waals surface area (Å²) in [5.41, 5.74) is 10.0. The molecule has 15 heavy (non-hydrogen) atoms. The van der Waals surface area contributed by atoms with Crippen LogP contribution >= 0.6 is 0 Å². The van der Waals surface area contributed by atoms with Crippen LogP contribution in [0.3, 0.4) is 0 Å². The number of benzene rings is 1. The molecule has 2 N–H and O–H groups in total. The van der Waals surface area contributed by atoms with Gasteiger partial charge in [-0.2, -0.15) is 0 Å². The van der Waals surface area contributed by atoms with Gasteiger partial charge in [0.2, 0.25) is 0 Å². The number of hydrogen-bond donors (Lipinski definition) is 1. The van der Waals surface area contributed by atoms with Crippen LogP contribution < -0.4 is 5.73 Å². The van der Waals surface area contributed by atoms with E-state index in [4.69, 9.17) is 5.73 Å². The van der Waals surface area contributed by atoms with Gasteiger partial charge in [-0.25, -0.2) is 0 Å². The first-order chi connectivity index (χ1) is 7.13. The Labute approximate surface area is 92.1 Å². The van der Waals surface area contributed by atoms with Crippen LogP contribution in [-0.4, -0.2) is 24.0 Å². The molecule has 82 valence electrons. The number of hydrogen-bond acceptors (Lipinski definition) is 2. The third-order valence-corrected chi connectivity index (χ3v) is 3.00. The highest BCUT2D eigenvalue weighted by Gasteiger charge is 2.18. The largest absolute Gasteiger partial charge is 0.326 e. The molecule has 1 aliphatic rings. The third-order valence-electron chi connectivity index (χ3n) is 3.00. The minimum Gasteiger partial charge on any atom is -0.326 e. The molecular formula is C13H20N2. The second-order valence-electron chi connectivity index (χ2n) is 4.78. The molecule has 1 aliphatic heterocycles. The van der Waals surface area contributed by atoms with E-state index in [2.05, 4.69) is 36.9 Å². The van der Waals surface area contributed by atoms with Gasteiger partial charge in [-0.05, 0) is 25.8 Å². The van der Waals surface area contributed by atoms with Crippen LogP contribution in [0.2, 0.25) is 0 Å². The van der Waals surface area contributed by atoms with E-state index in [0.29, 0.717) is 6.04 Å². The van der Waals surface area contributed by atoms with Crippen LogP contribution in [-0.2, 0) is 6.54 Å². The van der Waals surface area contributed by atoms with E-state index in [1.165, 1.54) is 16.7 Å². The zero-order valence-electron chi connectivity index (χ0n) is 9.66. The summed E-state index contributed by atoms with van der Waals surface area (Å²) in [5, 5.41) is 0. The van der Waals surface area contributed by atoms with Gasteiger partial charge in [-0.3, -0.25) is 4.90 Å². The Kier molecular flexibility index (Phi) is 3.08. The topological polar surface area (TPSA) is 29.3 Å². The zero-order valence-corrected chi connectivity index (χ0v) is 9.66. The standard InChI is InChI=1S/C13H20N2/c1-10-5-11(2)7-12(6-10)8-15-4-3-13(14)9-15/h5-7,13H,3-4,8-9,14H2,1-2H3. The Bertz CT molecular complexity index is 326. The Hall–Kier alpha value is -0.860. The smallest absolute Gasteiger partial charge is 0.0234 e. The molecule has 1 heterocycles. The summed E-state index contributed by atoms with van der Waals surface area (Å²) >= 11 is 0. The minimum absolute atomic E-state index is 0.385. The van der Waals surface area contributed by atoms with Crippen LogP contribution in [0.5, 0.6) is 0 Å². The van der Waals surface area contributed by atoms with Crippen LogP contribution in [0.1, 0.15) is 23.1 Å². The van der Waals surface area contributed by atoms with Crippen molar-refractivity contribution in [2.24, 2.45) is 5.73 Å². The third kappa shape index (κ3) is 2.80. The maximum atomic E-state index is 5.90. The van der Waals surface area contributed by atoms with Crippen molar-refractivity contribution >= 4 is 0 Å². The summed E-state index contributed by atoms with van der Waals surface area (Å²) in [6, 6.07) is 7.16. The van der Waals surface area contributed by atoms with Gasteiger partial charge in [0.05, 0.1) is 0 Å². The van der Waals surface area contributed by atoms with Gasteiger partial charge in [0.15, 0.2) is 0 Å². The van der Waals surface area contributed by atoms with Crippen molar-refractivity contribution in [1.82, 2.24) is 4.90 Å². The van der Waals surface area contributed by atoms with Crippen molar-refractivity contribution in [3.63, 3.8) is 0 Å². The highest BCUT2D eigenvalue weighted by Crippen LogP contribution is 2.15. The Morgan fingerprint density at radius 3 is 2.47 bits per heavy atom. The molecule has 2 rings (SSSR count). The molecule has 0 bridgehead atoms. The maximum absolute atomic E-state index is 5.90. The zero-order chi connectivity index (χ0) is 10.8. The van der Waals surface area contributed by atoms with E-state index < -0.39 is 0 Å². The van der Waals surface area contributed by atoms with Gasteiger partial charge in [-0.15, -0.1) is 0 Å². The summed E-state index contributed by atoms with van der Waals surface area (Å²) in [5.74, 6) is 0. The highest BCUT2D eigenvalue weighted by atomic mass is 15.2. The van der Waals surface area contributed by atoms with E-state index in [1.54, 1.807) is 0 Å². The van der Waals surface area contributed by atoms with Gasteiger partial charge >= 0.3 is 0 Å². The van der Waals surface area contributed by atoms with E-state index in [-0.39, 0.29) is 0 Å². The predicted octanol–water partition coefficient (Wildman–Crippen LogP) is 1.84. The molecule has 1 unspecified atom stereocenters. The van der Waals surface area contributed by atoms with E-state index >= 15 is 0 Å². The molecule has 2 nitrogen and oxygen atoms in total. The summed E-state index contributed by atoms with van der Waals surface area (Å²) in [6.07, 6.45) is 1.14. The van der Waals surface area contributed by atoms with E-state index in [9.17, 15) is 0 Å². The van der Waals surface area contributed by atoms with Crippen LogP contribution in [0.15, 0.2) is 18.2 Å². The molecule has 0 amide bonds. The summed E-state index contributed by atoms with van der Waals surface area (Å²) in [6.45, 7) is 7.57. The van der Waals surface area contributed by atoms with Crippen molar-refractivity contribution in [3.8, 4) is 0 Å². The van der Waals surface area contributed by atoms with Crippen molar-refractivity contribution in [1.29, 1.82) is 0 Å². The molecule has 0 aliphatic carbocycles.